The lowest BCUT2D eigenvalue weighted by Gasteiger charge is -2.46. The average molecular weight is 473 g/mol. The van der Waals surface area contributed by atoms with Gasteiger partial charge in [-0.25, -0.2) is 4.79 Å². The van der Waals surface area contributed by atoms with E-state index in [4.69, 9.17) is 4.74 Å². The maximum absolute atomic E-state index is 12.6. The maximum Gasteiger partial charge on any atom is 0.414 e. The second kappa shape index (κ2) is 8.71. The molecule has 5 rings (SSSR count). The van der Waals surface area contributed by atoms with E-state index in [9.17, 15) is 19.5 Å². The number of aromatic nitrogens is 3. The molecule has 1 aromatic heterocycles. The fraction of sp³-hybridized carbons (Fsp3) is 0.240. The van der Waals surface area contributed by atoms with E-state index in [2.05, 4.69) is 39.2 Å². The van der Waals surface area contributed by atoms with Crippen LogP contribution in [0.4, 0.5) is 10.7 Å². The lowest BCUT2D eigenvalue weighted by atomic mass is 9.77. The number of aliphatic carboxylic acids is 1. The number of H-pyrrole nitrogens is 1. The molecule has 0 unspecified atom stereocenters. The van der Waals surface area contributed by atoms with Gasteiger partial charge in [-0.2, -0.15) is 4.98 Å². The van der Waals surface area contributed by atoms with Crippen molar-refractivity contribution < 1.29 is 24.2 Å². The zero-order chi connectivity index (χ0) is 24.6. The molecule has 10 heteroatoms. The highest BCUT2D eigenvalue weighted by Gasteiger charge is 2.51. The van der Waals surface area contributed by atoms with Gasteiger partial charge in [-0.1, -0.05) is 54.6 Å². The van der Waals surface area contributed by atoms with Crippen LogP contribution in [0.1, 0.15) is 34.1 Å². The van der Waals surface area contributed by atoms with Crippen molar-refractivity contribution in [2.45, 2.75) is 12.3 Å². The van der Waals surface area contributed by atoms with Gasteiger partial charge in [0.1, 0.15) is 12.0 Å². The quantitative estimate of drug-likeness (QED) is 0.448. The predicted octanol–water partition coefficient (Wildman–Crippen LogP) is 3.27. The van der Waals surface area contributed by atoms with Crippen LogP contribution in [0.3, 0.4) is 0 Å². The number of amides is 2. The highest BCUT2D eigenvalue weighted by Crippen LogP contribution is 2.44. The molecule has 1 aliphatic heterocycles. The summed E-state index contributed by atoms with van der Waals surface area (Å²) in [5.41, 5.74) is 3.41. The second-order valence-corrected chi connectivity index (χ2v) is 8.70. The highest BCUT2D eigenvalue weighted by atomic mass is 16.5. The molecule has 0 atom stereocenters. The Kier molecular flexibility index (Phi) is 5.56. The van der Waals surface area contributed by atoms with Crippen LogP contribution < -0.4 is 5.32 Å². The van der Waals surface area contributed by atoms with Crippen molar-refractivity contribution in [1.82, 2.24) is 20.1 Å². The van der Waals surface area contributed by atoms with E-state index < -0.39 is 23.4 Å². The summed E-state index contributed by atoms with van der Waals surface area (Å²) < 4.78 is 5.46. The monoisotopic (exact) mass is 473 g/mol. The summed E-state index contributed by atoms with van der Waals surface area (Å²) in [6.07, 6.45) is 1.04. The third-order valence-electron chi connectivity index (χ3n) is 6.51. The summed E-state index contributed by atoms with van der Waals surface area (Å²) in [7, 11) is 0. The molecule has 3 N–H and O–H groups in total. The van der Waals surface area contributed by atoms with Crippen LogP contribution in [0.5, 0.6) is 0 Å². The number of carbonyl (C=O) groups is 3. The minimum absolute atomic E-state index is 0.0447. The van der Waals surface area contributed by atoms with Gasteiger partial charge in [0.05, 0.1) is 0 Å². The maximum atomic E-state index is 12.6. The first kappa shape index (κ1) is 22.3. The van der Waals surface area contributed by atoms with Crippen molar-refractivity contribution in [2.75, 3.05) is 25.0 Å². The van der Waals surface area contributed by atoms with E-state index >= 15 is 0 Å². The average Bonchev–Trinajstić information content (AvgIpc) is 3.42. The number of nitrogens with one attached hydrogen (secondary N) is 2. The van der Waals surface area contributed by atoms with Gasteiger partial charge in [0.25, 0.3) is 11.9 Å². The number of hydrogen-bond acceptors (Lipinski definition) is 6. The molecular weight excluding hydrogens is 450 g/mol. The molecule has 178 valence electrons. The fourth-order valence-electron chi connectivity index (χ4n) is 4.74. The van der Waals surface area contributed by atoms with E-state index in [1.165, 1.54) is 11.0 Å². The van der Waals surface area contributed by atoms with Crippen molar-refractivity contribution in [2.24, 2.45) is 5.41 Å². The van der Waals surface area contributed by atoms with Crippen LogP contribution in [0.15, 0.2) is 61.2 Å². The predicted molar refractivity (Wildman–Crippen MR) is 126 cm³/mol. The smallest absolute Gasteiger partial charge is 0.414 e. The number of hydrogen-bond donors (Lipinski definition) is 3. The van der Waals surface area contributed by atoms with Crippen LogP contribution in [0.25, 0.3) is 11.1 Å². The third-order valence-corrected chi connectivity index (χ3v) is 6.51. The zero-order valence-corrected chi connectivity index (χ0v) is 18.7. The van der Waals surface area contributed by atoms with Crippen LogP contribution >= 0.6 is 0 Å². The first-order valence-electron chi connectivity index (χ1n) is 11.1. The molecule has 1 aliphatic carbocycles. The van der Waals surface area contributed by atoms with Crippen molar-refractivity contribution in [1.29, 1.82) is 0 Å². The Labute approximate surface area is 200 Å². The molecule has 35 heavy (non-hydrogen) atoms. The molecule has 2 aromatic carbocycles. The van der Waals surface area contributed by atoms with Crippen LogP contribution in [-0.4, -0.2) is 62.9 Å². The van der Waals surface area contributed by atoms with Gasteiger partial charge in [-0.15, -0.1) is 11.7 Å². The number of ether oxygens (including phenoxy) is 1. The van der Waals surface area contributed by atoms with Gasteiger partial charge in [0.15, 0.2) is 0 Å². The summed E-state index contributed by atoms with van der Waals surface area (Å²) in [6.45, 7) is 3.80. The lowest BCUT2D eigenvalue weighted by Crippen LogP contribution is -2.62. The summed E-state index contributed by atoms with van der Waals surface area (Å²) in [5.74, 6) is -1.78. The molecular formula is C25H23N5O5. The summed E-state index contributed by atoms with van der Waals surface area (Å²) in [6, 6.07) is 16.0. The van der Waals surface area contributed by atoms with Crippen LogP contribution in [0, 0.1) is 5.41 Å². The molecule has 2 heterocycles. The summed E-state index contributed by atoms with van der Waals surface area (Å²) in [5, 5.41) is 18.2. The lowest BCUT2D eigenvalue weighted by molar-refractivity contribution is -0.157. The molecule has 1 saturated heterocycles. The Morgan fingerprint density at radius 3 is 2.37 bits per heavy atom. The van der Waals surface area contributed by atoms with Gasteiger partial charge in [-0.05, 0) is 28.7 Å². The van der Waals surface area contributed by atoms with E-state index in [-0.39, 0.29) is 43.8 Å². The molecule has 0 radical (unpaired) electrons. The number of rotatable bonds is 7. The summed E-state index contributed by atoms with van der Waals surface area (Å²) in [4.78, 5) is 41.9. The van der Waals surface area contributed by atoms with Gasteiger partial charge in [0.2, 0.25) is 5.82 Å². The van der Waals surface area contributed by atoms with Gasteiger partial charge >= 0.3 is 12.1 Å². The normalized spacial score (nSPS) is 15.5. The third kappa shape index (κ3) is 3.92. The molecule has 0 saturated carbocycles. The Balaban J connectivity index is 1.19. The Morgan fingerprint density at radius 2 is 1.77 bits per heavy atom. The van der Waals surface area contributed by atoms with E-state index in [0.717, 1.165) is 22.3 Å². The molecule has 2 aliphatic rings. The molecule has 1 fully saturated rings. The zero-order valence-electron chi connectivity index (χ0n) is 18.7. The second-order valence-electron chi connectivity index (χ2n) is 8.70. The highest BCUT2D eigenvalue weighted by molar-refractivity contribution is 5.93. The van der Waals surface area contributed by atoms with Gasteiger partial charge in [-0.3, -0.25) is 20.0 Å². The number of carboxylic acids is 1. The minimum atomic E-state index is -1.03. The van der Waals surface area contributed by atoms with Crippen molar-refractivity contribution in [3.63, 3.8) is 0 Å². The first-order chi connectivity index (χ1) is 16.9. The largest absolute Gasteiger partial charge is 0.481 e. The van der Waals surface area contributed by atoms with Gasteiger partial charge < -0.3 is 14.7 Å². The van der Waals surface area contributed by atoms with Crippen LogP contribution in [-0.2, 0) is 9.53 Å². The number of likely N-dealkylation sites (tertiary alicyclic amines) is 1. The van der Waals surface area contributed by atoms with Crippen molar-refractivity contribution >= 4 is 23.9 Å². The topological polar surface area (TPSA) is 138 Å². The number of carboxylic acid groups (broad SMARTS) is 1. The van der Waals surface area contributed by atoms with Crippen LogP contribution in [0.2, 0.25) is 0 Å². The SMILES string of the molecule is C=CCC1(C(=O)O)CN(C(=O)c2nc(NC(=O)OCC3c4ccccc4-c4ccccc43)n[nH]2)C1. The number of nitrogens with zero attached hydrogens (tertiary/aromatic N) is 3. The Bertz CT molecular complexity index is 1280. The Morgan fingerprint density at radius 1 is 1.14 bits per heavy atom. The molecule has 2 amide bonds. The summed E-state index contributed by atoms with van der Waals surface area (Å²) >= 11 is 0. The molecule has 0 spiro atoms. The Hall–Kier alpha value is -4.47. The van der Waals surface area contributed by atoms with E-state index in [1.54, 1.807) is 0 Å². The molecule has 10 nitrogen and oxygen atoms in total. The number of anilines is 1. The number of aromatic amines is 1. The minimum Gasteiger partial charge on any atom is -0.481 e. The standard InChI is InChI=1S/C25H23N5O5/c1-2-11-25(22(32)33)13-30(14-25)21(31)20-26-23(29-28-20)27-24(34)35-12-19-17-9-5-3-7-15(17)16-8-4-6-10-18(16)19/h2-10,19H,1,11-14H2,(H,32,33)(H2,26,27,28,29,34). The number of fused-ring (bicyclic) bond motifs is 3. The van der Waals surface area contributed by atoms with Crippen molar-refractivity contribution in [3.8, 4) is 11.1 Å². The number of carbonyl (C=O) groups excluding carboxylic acids is 2. The van der Waals surface area contributed by atoms with Gasteiger partial charge in [0, 0.05) is 19.0 Å². The first-order valence-corrected chi connectivity index (χ1v) is 11.1. The number of allylic oxidation sites excluding steroid dienone is 1. The van der Waals surface area contributed by atoms with Crippen molar-refractivity contribution in [3.05, 3.63) is 78.1 Å². The fourth-order valence-corrected chi connectivity index (χ4v) is 4.74. The number of benzene rings is 2. The molecule has 3 aromatic rings. The van der Waals surface area contributed by atoms with E-state index in [1.807, 2.05) is 36.4 Å². The van der Waals surface area contributed by atoms with E-state index in [0.29, 0.717) is 0 Å². The molecule has 0 bridgehead atoms.